The van der Waals surface area contributed by atoms with Crippen molar-refractivity contribution in [1.29, 1.82) is 0 Å². The molecule has 0 amide bonds. The first kappa shape index (κ1) is 91.3. The van der Waals surface area contributed by atoms with Gasteiger partial charge in [0.1, 0.15) is 19.3 Å². The van der Waals surface area contributed by atoms with Gasteiger partial charge in [0.15, 0.2) is 12.2 Å². The fourth-order valence-electron chi connectivity index (χ4n) is 10.7. The van der Waals surface area contributed by atoms with Gasteiger partial charge in [0.25, 0.3) is 0 Å². The van der Waals surface area contributed by atoms with Crippen molar-refractivity contribution in [3.05, 3.63) is 36.5 Å². The van der Waals surface area contributed by atoms with Crippen molar-refractivity contribution >= 4 is 39.5 Å². The second-order valence-corrected chi connectivity index (χ2v) is 28.9. The molecule has 0 aliphatic rings. The molecular weight excluding hydrogens is 1230 g/mol. The fourth-order valence-corrected chi connectivity index (χ4v) is 12.3. The van der Waals surface area contributed by atoms with Gasteiger partial charge in [-0.1, -0.05) is 270 Å². The molecular formula is C75H140O17P2. The molecule has 19 heteroatoms. The third-order valence-electron chi connectivity index (χ3n) is 16.6. The maximum atomic E-state index is 13.1. The Hall–Kier alpha value is -2.72. The fraction of sp³-hybridized carbons (Fsp3) is 0.867. The van der Waals surface area contributed by atoms with E-state index in [9.17, 15) is 43.2 Å². The Balaban J connectivity index is 5.30. The topological polar surface area (TPSA) is 237 Å². The normalized spacial score (nSPS) is 14.2. The summed E-state index contributed by atoms with van der Waals surface area (Å²) in [6.07, 6.45) is 62.7. The molecule has 0 bridgehead atoms. The highest BCUT2D eigenvalue weighted by molar-refractivity contribution is 7.47. The Morgan fingerprint density at radius 1 is 0.287 bits per heavy atom. The highest BCUT2D eigenvalue weighted by Gasteiger charge is 2.30. The molecule has 2 unspecified atom stereocenters. The number of carbonyl (C=O) groups is 4. The van der Waals surface area contributed by atoms with Crippen LogP contribution in [0, 0.1) is 0 Å². The number of aliphatic hydroxyl groups is 1. The molecule has 552 valence electrons. The van der Waals surface area contributed by atoms with Crippen molar-refractivity contribution in [2.45, 2.75) is 380 Å². The monoisotopic (exact) mass is 1370 g/mol. The predicted octanol–water partition coefficient (Wildman–Crippen LogP) is 21.6. The molecule has 0 aromatic heterocycles. The van der Waals surface area contributed by atoms with Crippen LogP contribution in [0.2, 0.25) is 0 Å². The predicted molar refractivity (Wildman–Crippen MR) is 381 cm³/mol. The number of carbonyl (C=O) groups excluding carboxylic acids is 4. The lowest BCUT2D eigenvalue weighted by Gasteiger charge is -2.21. The van der Waals surface area contributed by atoms with E-state index in [0.29, 0.717) is 25.7 Å². The van der Waals surface area contributed by atoms with Crippen LogP contribution >= 0.6 is 15.6 Å². The summed E-state index contributed by atoms with van der Waals surface area (Å²) >= 11 is 0. The smallest absolute Gasteiger partial charge is 0.462 e. The number of esters is 4. The molecule has 0 aromatic carbocycles. The molecule has 0 aliphatic carbocycles. The van der Waals surface area contributed by atoms with Crippen LogP contribution in [-0.4, -0.2) is 96.7 Å². The van der Waals surface area contributed by atoms with Crippen LogP contribution in [0.15, 0.2) is 36.5 Å². The Bertz CT molecular complexity index is 1930. The van der Waals surface area contributed by atoms with E-state index >= 15 is 0 Å². The number of rotatable bonds is 73. The van der Waals surface area contributed by atoms with E-state index in [1.807, 2.05) is 0 Å². The van der Waals surface area contributed by atoms with E-state index in [0.717, 1.165) is 141 Å². The lowest BCUT2D eigenvalue weighted by Crippen LogP contribution is -2.30. The first-order chi connectivity index (χ1) is 45.7. The van der Waals surface area contributed by atoms with Crippen LogP contribution in [0.4, 0.5) is 0 Å². The molecule has 0 spiro atoms. The van der Waals surface area contributed by atoms with Crippen LogP contribution in [-0.2, 0) is 65.4 Å². The number of phosphoric acid groups is 2. The van der Waals surface area contributed by atoms with Crippen molar-refractivity contribution in [2.24, 2.45) is 0 Å². The summed E-state index contributed by atoms with van der Waals surface area (Å²) in [6, 6.07) is 0. The molecule has 0 radical (unpaired) electrons. The van der Waals surface area contributed by atoms with E-state index < -0.39 is 97.5 Å². The van der Waals surface area contributed by atoms with Crippen LogP contribution < -0.4 is 0 Å². The van der Waals surface area contributed by atoms with E-state index in [4.69, 9.17) is 37.0 Å². The van der Waals surface area contributed by atoms with Gasteiger partial charge in [-0.3, -0.25) is 37.3 Å². The molecule has 0 aromatic rings. The summed E-state index contributed by atoms with van der Waals surface area (Å²) in [5.74, 6) is -2.16. The summed E-state index contributed by atoms with van der Waals surface area (Å²) in [5.41, 5.74) is 0. The molecule has 3 N–H and O–H groups in total. The van der Waals surface area contributed by atoms with Gasteiger partial charge < -0.3 is 33.8 Å². The largest absolute Gasteiger partial charge is 0.472 e. The van der Waals surface area contributed by atoms with Gasteiger partial charge in [-0.2, -0.15) is 0 Å². The summed E-state index contributed by atoms with van der Waals surface area (Å²) < 4.78 is 68.4. The second-order valence-electron chi connectivity index (χ2n) is 25.9. The maximum absolute atomic E-state index is 13.1. The summed E-state index contributed by atoms with van der Waals surface area (Å²) in [5, 5.41) is 10.6. The van der Waals surface area contributed by atoms with Crippen LogP contribution in [0.5, 0.6) is 0 Å². The van der Waals surface area contributed by atoms with Gasteiger partial charge in [0.2, 0.25) is 0 Å². The molecule has 0 rings (SSSR count). The Morgan fingerprint density at radius 2 is 0.489 bits per heavy atom. The zero-order valence-electron chi connectivity index (χ0n) is 60.2. The second kappa shape index (κ2) is 68.8. The van der Waals surface area contributed by atoms with Gasteiger partial charge in [-0.25, -0.2) is 9.13 Å². The Morgan fingerprint density at radius 3 is 0.745 bits per heavy atom. The zero-order valence-corrected chi connectivity index (χ0v) is 61.9. The quantitative estimate of drug-likeness (QED) is 0.0169. The highest BCUT2D eigenvalue weighted by Crippen LogP contribution is 2.45. The molecule has 0 aliphatic heterocycles. The Labute approximate surface area is 573 Å². The van der Waals surface area contributed by atoms with Crippen LogP contribution in [0.25, 0.3) is 0 Å². The number of hydrogen-bond acceptors (Lipinski definition) is 15. The summed E-state index contributed by atoms with van der Waals surface area (Å²) in [6.45, 7) is 4.87. The molecule has 17 nitrogen and oxygen atoms in total. The minimum Gasteiger partial charge on any atom is -0.462 e. The van der Waals surface area contributed by atoms with Gasteiger partial charge in [-0.15, -0.1) is 0 Å². The Kier molecular flexibility index (Phi) is 66.8. The van der Waals surface area contributed by atoms with E-state index in [1.54, 1.807) is 0 Å². The standard InChI is InChI=1S/C75H140O17P2/c1-5-9-13-17-21-25-29-33-34-38-40-44-48-52-56-60-73(78)86-66-71(92-75(80)62-58-54-50-46-42-37-32-28-24-20-16-12-8-4)68-90-94(83,84)88-64-69(76)63-87-93(81,82)89-67-70(91-74(79)61-57-53-49-45-41-36-31-27-23-19-15-11-7-3)65-85-72(77)59-55-51-47-43-39-35-30-26-22-18-14-10-6-2/h25-27,29-31,69-71,76H,5-24,28,32-68H2,1-4H3,(H,81,82)(H,83,84)/b29-25-,30-26-,31-27-/t69-,70+,71+/m0/s1. The van der Waals surface area contributed by atoms with Gasteiger partial charge in [0.05, 0.1) is 26.4 Å². The van der Waals surface area contributed by atoms with Gasteiger partial charge in [0, 0.05) is 25.7 Å². The molecule has 5 atom stereocenters. The zero-order chi connectivity index (χ0) is 69.0. The molecule has 94 heavy (non-hydrogen) atoms. The maximum Gasteiger partial charge on any atom is 0.472 e. The van der Waals surface area contributed by atoms with E-state index in [-0.39, 0.29) is 25.7 Å². The number of ether oxygens (including phenoxy) is 4. The number of aliphatic hydroxyl groups excluding tert-OH is 1. The number of phosphoric ester groups is 2. The minimum absolute atomic E-state index is 0.0893. The van der Waals surface area contributed by atoms with Crippen LogP contribution in [0.3, 0.4) is 0 Å². The first-order valence-corrected chi connectivity index (χ1v) is 41.2. The average molecular weight is 1380 g/mol. The van der Waals surface area contributed by atoms with Crippen LogP contribution in [0.1, 0.15) is 362 Å². The lowest BCUT2D eigenvalue weighted by molar-refractivity contribution is -0.161. The molecule has 0 fully saturated rings. The van der Waals surface area contributed by atoms with Crippen molar-refractivity contribution < 1.29 is 80.2 Å². The van der Waals surface area contributed by atoms with E-state index in [2.05, 4.69) is 64.2 Å². The number of hydrogen-bond donors (Lipinski definition) is 3. The van der Waals surface area contributed by atoms with Crippen molar-refractivity contribution in [2.75, 3.05) is 39.6 Å². The average Bonchev–Trinajstić information content (AvgIpc) is 1.67. The number of unbranched alkanes of at least 4 members (excludes halogenated alkanes) is 41. The van der Waals surface area contributed by atoms with E-state index in [1.165, 1.54) is 141 Å². The summed E-state index contributed by atoms with van der Waals surface area (Å²) in [4.78, 5) is 72.7. The minimum atomic E-state index is -4.96. The molecule has 0 saturated carbocycles. The highest BCUT2D eigenvalue weighted by atomic mass is 31.2. The third kappa shape index (κ3) is 67.8. The third-order valence-corrected chi connectivity index (χ3v) is 18.5. The first-order valence-electron chi connectivity index (χ1n) is 38.2. The van der Waals surface area contributed by atoms with Gasteiger partial charge in [-0.05, 0) is 103 Å². The molecule has 0 heterocycles. The van der Waals surface area contributed by atoms with Crippen molar-refractivity contribution in [3.63, 3.8) is 0 Å². The SMILES string of the molecule is CCCCCC/C=C\CCCCCCCCCC(=O)OC[C@H](COP(=O)(O)OC[C@@H](O)COP(=O)(O)OC[C@@H](COC(=O)CCCCCCC/C=C\CCCCCC)OC(=O)CCCCCCC/C=C\CCCCCC)OC(=O)CCCCCCCCCCCCCCC. The van der Waals surface area contributed by atoms with Gasteiger partial charge >= 0.3 is 39.5 Å². The summed E-state index contributed by atoms with van der Waals surface area (Å²) in [7, 11) is -9.93. The van der Waals surface area contributed by atoms with Crippen molar-refractivity contribution in [1.82, 2.24) is 0 Å². The lowest BCUT2D eigenvalue weighted by atomic mass is 10.0. The van der Waals surface area contributed by atoms with Crippen molar-refractivity contribution in [3.8, 4) is 0 Å². The molecule has 0 saturated heterocycles. The number of allylic oxidation sites excluding steroid dienone is 6.